The Balaban J connectivity index is 3.79. The van der Waals surface area contributed by atoms with Gasteiger partial charge in [0, 0.05) is 45.7 Å². The second-order valence-electron chi connectivity index (χ2n) is 24.7. The van der Waals surface area contributed by atoms with Crippen molar-refractivity contribution in [3.63, 3.8) is 0 Å². The van der Waals surface area contributed by atoms with Gasteiger partial charge in [-0.1, -0.05) is 0 Å². The molecule has 0 aromatic carbocycles. The van der Waals surface area contributed by atoms with Gasteiger partial charge in [-0.2, -0.15) is 0 Å². The summed E-state index contributed by atoms with van der Waals surface area (Å²) in [7, 11) is 0. The minimum Gasteiger partial charge on any atom is -0.480 e. The van der Waals surface area contributed by atoms with Crippen molar-refractivity contribution < 1.29 is 72.5 Å². The molecule has 0 saturated carbocycles. The van der Waals surface area contributed by atoms with Crippen LogP contribution in [0.5, 0.6) is 0 Å². The zero-order valence-electron chi connectivity index (χ0n) is 59.5. The van der Waals surface area contributed by atoms with Crippen LogP contribution in [0.4, 0.5) is 0 Å². The molecule has 0 spiro atoms. The van der Waals surface area contributed by atoms with Crippen molar-refractivity contribution in [2.24, 2.45) is 105 Å². The van der Waals surface area contributed by atoms with Gasteiger partial charge in [-0.25, -0.2) is 0 Å². The third-order valence-corrected chi connectivity index (χ3v) is 15.9. The maximum Gasteiger partial charge on any atom is 0.322 e. The summed E-state index contributed by atoms with van der Waals surface area (Å²) in [5.74, 6) is -13.6. The predicted octanol–water partition coefficient (Wildman–Crippen LogP) is -12.3. The maximum atomic E-state index is 14.7. The molecule has 1 saturated heterocycles. The lowest BCUT2D eigenvalue weighted by molar-refractivity contribution is -0.142. The summed E-state index contributed by atoms with van der Waals surface area (Å²) in [5.41, 5.74) is 78.2. The fourth-order valence-electron chi connectivity index (χ4n) is 10.4. The molecule has 1 fully saturated rings. The molecule has 0 aromatic rings. The standard InChI is InChI=1S/C60H114N30O15/c1-32(91)45(64)55(105)90-29-11-19-41(90)54(104)89-40(20-21-42(63)92)53(103)84-33(14-6-24-75-56(65)66)46(96)80-30-43(93)82-35(16-8-26-77-58(69)70)48(98)87-38(17-9-27-78-59(71)72)52(102)88-39(18-10-28-79-60(73)74)51(101)86-37(13-3-5-23-62)50(100)85-36(12-2-4-22-61)49(99)83-34(15-7-25-76-57(67)68)47(97)81-31-44(94)95/h32-41,45,91H,2-31,61-62,64H2,1H3,(H2,63,92)(H,80,96)(H,81,97)(H,82,93)(H,83,99)(H,84,103)(H,85,100)(H,86,101)(H,87,98)(H,88,102)(H,89,104)(H,94,95)(H4,65,66,75)(H4,67,68,76)(H4,69,70,77)(H4,71,72,78)(H4,73,74,79)/t32-,33+,34+,35+,36+,37+,38+,39+,40+,41+,45+/m1/s1. The van der Waals surface area contributed by atoms with Gasteiger partial charge < -0.3 is 149 Å². The number of guanidine groups is 5. The number of rotatable bonds is 54. The highest BCUT2D eigenvalue weighted by atomic mass is 16.4. The third kappa shape index (κ3) is 40.1. The van der Waals surface area contributed by atoms with Crippen LogP contribution in [-0.2, 0) is 62.3 Å². The van der Waals surface area contributed by atoms with Gasteiger partial charge in [-0.3, -0.25) is 87.3 Å². The molecule has 594 valence electrons. The van der Waals surface area contributed by atoms with E-state index in [9.17, 15) is 72.5 Å². The third-order valence-electron chi connectivity index (χ3n) is 15.9. The molecule has 105 heavy (non-hydrogen) atoms. The van der Waals surface area contributed by atoms with Crippen molar-refractivity contribution in [2.75, 3.05) is 65.4 Å². The number of carbonyl (C=O) groups excluding carboxylic acids is 12. The number of primary amides is 1. The molecule has 0 radical (unpaired) electrons. The van der Waals surface area contributed by atoms with Crippen LogP contribution < -0.4 is 133 Å². The van der Waals surface area contributed by atoms with Gasteiger partial charge in [0.15, 0.2) is 29.8 Å². The predicted molar refractivity (Wildman–Crippen MR) is 387 cm³/mol. The molecule has 1 rings (SSSR count). The normalized spacial score (nSPS) is 15.1. The van der Waals surface area contributed by atoms with Gasteiger partial charge >= 0.3 is 5.97 Å². The lowest BCUT2D eigenvalue weighted by atomic mass is 10.0. The van der Waals surface area contributed by atoms with E-state index in [1.807, 2.05) is 0 Å². The highest BCUT2D eigenvalue weighted by Crippen LogP contribution is 2.20. The molecule has 0 bridgehead atoms. The Kier molecular flexibility index (Phi) is 45.2. The number of carbonyl (C=O) groups is 13. The van der Waals surface area contributed by atoms with E-state index in [-0.39, 0.29) is 185 Å². The summed E-state index contributed by atoms with van der Waals surface area (Å²) in [5, 5.41) is 44.5. The van der Waals surface area contributed by atoms with Gasteiger partial charge in [0.1, 0.15) is 67.0 Å². The second kappa shape index (κ2) is 51.4. The van der Waals surface area contributed by atoms with Gasteiger partial charge in [-0.05, 0) is 142 Å². The molecule has 1 aliphatic heterocycles. The number of aliphatic imine (C=N–C) groups is 5. The fourth-order valence-corrected chi connectivity index (χ4v) is 10.4. The van der Waals surface area contributed by atoms with Crippen LogP contribution >= 0.6 is 0 Å². The van der Waals surface area contributed by atoms with E-state index in [1.54, 1.807) is 0 Å². The maximum absolute atomic E-state index is 14.7. The van der Waals surface area contributed by atoms with E-state index in [1.165, 1.54) is 11.8 Å². The van der Waals surface area contributed by atoms with Gasteiger partial charge in [0.25, 0.3) is 0 Å². The number of aliphatic carboxylic acids is 1. The summed E-state index contributed by atoms with van der Waals surface area (Å²) in [6.07, 6.45) is -0.938. The van der Waals surface area contributed by atoms with Crippen LogP contribution in [0.3, 0.4) is 0 Å². The number of likely N-dealkylation sites (tertiary alicyclic amines) is 1. The lowest BCUT2D eigenvalue weighted by Crippen LogP contribution is -2.60. The van der Waals surface area contributed by atoms with E-state index in [4.69, 9.17) is 80.3 Å². The Morgan fingerprint density at radius 2 is 0.705 bits per heavy atom. The highest BCUT2D eigenvalue weighted by Gasteiger charge is 2.40. The summed E-state index contributed by atoms with van der Waals surface area (Å²) < 4.78 is 0. The smallest absolute Gasteiger partial charge is 0.322 e. The van der Waals surface area contributed by atoms with E-state index in [0.717, 1.165) is 0 Å². The number of aliphatic hydroxyl groups excluding tert-OH is 1. The quantitative estimate of drug-likeness (QED) is 0.0153. The number of aliphatic hydroxyl groups is 1. The molecule has 1 aliphatic rings. The number of nitrogens with one attached hydrogen (secondary N) is 10. The molecular weight excluding hydrogens is 1380 g/mol. The van der Waals surface area contributed by atoms with Crippen LogP contribution in [0.15, 0.2) is 25.0 Å². The number of nitrogens with zero attached hydrogens (tertiary/aromatic N) is 6. The molecule has 45 nitrogen and oxygen atoms in total. The largest absolute Gasteiger partial charge is 0.480 e. The zero-order valence-corrected chi connectivity index (χ0v) is 59.5. The molecule has 0 unspecified atom stereocenters. The summed E-state index contributed by atoms with van der Waals surface area (Å²) in [6, 6.07) is -14.2. The average Bonchev–Trinajstić information content (AvgIpc) is 1.76. The average molecular weight is 1500 g/mol. The van der Waals surface area contributed by atoms with Crippen molar-refractivity contribution >= 4 is 107 Å². The molecule has 45 heteroatoms. The number of nitrogens with two attached hydrogens (primary N) is 14. The van der Waals surface area contributed by atoms with Gasteiger partial charge in [0.05, 0.1) is 12.6 Å². The Labute approximate surface area is 607 Å². The van der Waals surface area contributed by atoms with Crippen molar-refractivity contribution in [2.45, 2.75) is 202 Å². The number of hydrogen-bond acceptors (Lipinski definition) is 22. The van der Waals surface area contributed by atoms with Crippen LogP contribution in [0.25, 0.3) is 0 Å². The fraction of sp³-hybridized carbons (Fsp3) is 0.700. The van der Waals surface area contributed by atoms with Crippen molar-refractivity contribution in [3.05, 3.63) is 0 Å². The first-order chi connectivity index (χ1) is 49.6. The monoisotopic (exact) mass is 1490 g/mol. The van der Waals surface area contributed by atoms with Crippen molar-refractivity contribution in [1.29, 1.82) is 0 Å². The van der Waals surface area contributed by atoms with Gasteiger partial charge in [0.2, 0.25) is 70.9 Å². The molecule has 0 aromatic heterocycles. The van der Waals surface area contributed by atoms with Crippen molar-refractivity contribution in [3.8, 4) is 0 Å². The molecule has 11 atom stereocenters. The SMILES string of the molecule is C[C@@H](O)[C@H](N)C(=O)N1CCC[C@H]1C(=O)N[C@@H](CCC(N)=O)C(=O)N[C@@H](CCCN=C(N)N)C(=O)NCC(=O)N[C@@H](CCCN=C(N)N)C(=O)N[C@@H](CCCN=C(N)N)C(=O)N[C@@H](CCCN=C(N)N)C(=O)N[C@@H](CCCCN)C(=O)N[C@@H](CCCCN)C(=O)N[C@@H](CCCN=C(N)N)C(=O)NCC(=O)O. The summed E-state index contributed by atoms with van der Waals surface area (Å²) in [6.45, 7) is -0.0671. The Morgan fingerprint density at radius 3 is 1.00 bits per heavy atom. The van der Waals surface area contributed by atoms with Crippen LogP contribution in [0.1, 0.15) is 135 Å². The second-order valence-corrected chi connectivity index (χ2v) is 24.7. The Morgan fingerprint density at radius 1 is 0.410 bits per heavy atom. The summed E-state index contributed by atoms with van der Waals surface area (Å²) >= 11 is 0. The number of carboxylic acids is 1. The molecule has 1 heterocycles. The number of hydrogen-bond donors (Lipinski definition) is 26. The number of amides is 12. The molecule has 12 amide bonds. The summed E-state index contributed by atoms with van der Waals surface area (Å²) in [4.78, 5) is 199. The first-order valence-corrected chi connectivity index (χ1v) is 34.5. The van der Waals surface area contributed by atoms with Crippen molar-refractivity contribution in [1.82, 2.24) is 58.1 Å². The Bertz CT molecular complexity index is 2990. The first kappa shape index (κ1) is 92.3. The minimum atomic E-state index is -1.55. The zero-order chi connectivity index (χ0) is 79.1. The van der Waals surface area contributed by atoms with E-state index < -0.39 is 163 Å². The molecule has 40 N–H and O–H groups in total. The molecule has 0 aliphatic carbocycles. The van der Waals surface area contributed by atoms with Crippen LogP contribution in [0, 0.1) is 0 Å². The molecular formula is C60H114N30O15. The number of carboxylic acid groups (broad SMARTS) is 1. The van der Waals surface area contributed by atoms with Gasteiger partial charge in [-0.15, -0.1) is 0 Å². The first-order valence-electron chi connectivity index (χ1n) is 34.5. The van der Waals surface area contributed by atoms with E-state index in [0.29, 0.717) is 19.3 Å². The van der Waals surface area contributed by atoms with Crippen LogP contribution in [0.2, 0.25) is 0 Å². The lowest BCUT2D eigenvalue weighted by Gasteiger charge is -2.29. The van der Waals surface area contributed by atoms with Crippen LogP contribution in [-0.4, -0.2) is 254 Å². The van der Waals surface area contributed by atoms with E-state index in [2.05, 4.69) is 78.1 Å². The topological polar surface area (TPSA) is 812 Å². The number of unbranched alkanes of at least 4 members (excludes halogenated alkanes) is 2. The highest BCUT2D eigenvalue weighted by molar-refractivity contribution is 5.99. The Hall–Kier alpha value is -10.7. The minimum absolute atomic E-state index is 0.0162. The van der Waals surface area contributed by atoms with E-state index >= 15 is 0 Å².